The molecule has 0 spiro atoms. The highest BCUT2D eigenvalue weighted by molar-refractivity contribution is 6.92. The minimum absolute atomic E-state index is 0. The highest BCUT2D eigenvalue weighted by atomic mass is 31.0. The predicted molar refractivity (Wildman–Crippen MR) is 54.4 cm³/mol. The zero-order valence-electron chi connectivity index (χ0n) is 9.54. The van der Waals surface area contributed by atoms with Gasteiger partial charge in [-0.25, -0.2) is 0 Å². The van der Waals surface area contributed by atoms with Gasteiger partial charge in [0, 0.05) is 2.74 Å². The van der Waals surface area contributed by atoms with Gasteiger partial charge in [-0.15, -0.1) is 0 Å². The molecular weight excluding hydrogens is 127 g/mol. The van der Waals surface area contributed by atoms with Crippen molar-refractivity contribution in [2.45, 2.75) is 54.3 Å². The Morgan fingerprint density at radius 1 is 1.33 bits per heavy atom. The average molecular weight is 155 g/mol. The van der Waals surface area contributed by atoms with E-state index < -0.39 is 0 Å². The molecule has 1 atom stereocenters. The van der Waals surface area contributed by atoms with Crippen LogP contribution >= 0.6 is 9.90 Å². The molecule has 0 aromatic rings. The summed E-state index contributed by atoms with van der Waals surface area (Å²) in [7, 11) is 0. The van der Waals surface area contributed by atoms with Gasteiger partial charge in [0.15, 0.2) is 0 Å². The average Bonchev–Trinajstić information content (AvgIpc) is 1.91. The van der Waals surface area contributed by atoms with Crippen LogP contribution in [0.4, 0.5) is 0 Å². The third-order valence-electron chi connectivity index (χ3n) is 0. The van der Waals surface area contributed by atoms with Crippen LogP contribution in [0.1, 0.15) is 57.1 Å². The Labute approximate surface area is 67.9 Å². The smallest absolute Gasteiger partial charge is 0.0230 e. The highest BCUT2D eigenvalue weighted by Gasteiger charge is 1.36. The SMILES string of the molecule is CCC.P.[2H]CCC.[3H]CC. The lowest BCUT2D eigenvalue weighted by molar-refractivity contribution is 1.09. The van der Waals surface area contributed by atoms with Crippen LogP contribution in [0.2, 0.25) is 0 Å². The van der Waals surface area contributed by atoms with E-state index in [-0.39, 0.29) is 9.90 Å². The second-order valence-electron chi connectivity index (χ2n) is 1.21. The van der Waals surface area contributed by atoms with Crippen LogP contribution in [0.5, 0.6) is 0 Å². The van der Waals surface area contributed by atoms with Crippen molar-refractivity contribution in [2.75, 3.05) is 0 Å². The Bertz CT molecular complexity index is 24.1. The van der Waals surface area contributed by atoms with Gasteiger partial charge in [-0.2, -0.15) is 9.90 Å². The Balaban J connectivity index is -0.0000000325. The molecule has 0 rings (SSSR count). The van der Waals surface area contributed by atoms with Crippen LogP contribution in [0.25, 0.3) is 0 Å². The van der Waals surface area contributed by atoms with E-state index >= 15 is 0 Å². The molecule has 1 unspecified atom stereocenters. The molecule has 1 heteroatoms. The molecule has 0 saturated carbocycles. The van der Waals surface area contributed by atoms with Crippen molar-refractivity contribution in [1.82, 2.24) is 0 Å². The molecule has 9 heavy (non-hydrogen) atoms. The molecular formula is C8H25P. The molecule has 0 bridgehead atoms. The Kier molecular flexibility index (Phi) is 106. The van der Waals surface area contributed by atoms with Crippen LogP contribution in [0.3, 0.4) is 0 Å². The Hall–Kier alpha value is 0.430. The van der Waals surface area contributed by atoms with Crippen LogP contribution < -0.4 is 0 Å². The van der Waals surface area contributed by atoms with Crippen molar-refractivity contribution in [1.29, 1.82) is 0 Å². The molecule has 0 aromatic carbocycles. The van der Waals surface area contributed by atoms with E-state index in [2.05, 4.69) is 13.8 Å². The summed E-state index contributed by atoms with van der Waals surface area (Å²) in [5.74, 6) is 0. The summed E-state index contributed by atoms with van der Waals surface area (Å²) < 4.78 is 12.7. The summed E-state index contributed by atoms with van der Waals surface area (Å²) in [4.78, 5) is 0. The molecule has 0 fully saturated rings. The van der Waals surface area contributed by atoms with Gasteiger partial charge in [0.2, 0.25) is 0 Å². The molecule has 0 nitrogen and oxygen atoms in total. The van der Waals surface area contributed by atoms with Crippen molar-refractivity contribution in [3.63, 3.8) is 0 Å². The molecule has 0 N–H and O–H groups in total. The molecule has 0 aliphatic heterocycles. The monoisotopic (exact) mass is 155 g/mol. The summed E-state index contributed by atoms with van der Waals surface area (Å²) in [6.07, 6.45) is 2.24. The molecule has 0 aliphatic rings. The maximum Gasteiger partial charge on any atom is 0.0230 e. The second-order valence-corrected chi connectivity index (χ2v) is 1.21. The molecule has 62 valence electrons. The fourth-order valence-corrected chi connectivity index (χ4v) is 0. The maximum atomic E-state index is 6.45. The normalized spacial score (nSPS) is 7.56. The van der Waals surface area contributed by atoms with Crippen LogP contribution in [0.15, 0.2) is 0 Å². The van der Waals surface area contributed by atoms with Gasteiger partial charge < -0.3 is 0 Å². The number of hydrogen-bond donors (Lipinski definition) is 0. The van der Waals surface area contributed by atoms with E-state index in [1.807, 2.05) is 6.92 Å². The summed E-state index contributed by atoms with van der Waals surface area (Å²) in [6.45, 7) is 9.10. The first kappa shape index (κ1) is 12.1. The first-order valence-electron chi connectivity index (χ1n) is 4.74. The molecule has 0 aromatic heterocycles. The molecule has 0 aliphatic carbocycles. The summed E-state index contributed by atoms with van der Waals surface area (Å²) in [5, 5.41) is 0. The van der Waals surface area contributed by atoms with Crippen molar-refractivity contribution in [2.24, 2.45) is 0 Å². The summed E-state index contributed by atoms with van der Waals surface area (Å²) >= 11 is 0. The van der Waals surface area contributed by atoms with E-state index in [1.165, 1.54) is 6.42 Å². The van der Waals surface area contributed by atoms with Gasteiger partial charge in [-0.1, -0.05) is 54.3 Å². The lowest BCUT2D eigenvalue weighted by Gasteiger charge is -1.48. The topological polar surface area (TPSA) is 0 Å². The standard InChI is InChI=1S/2C3H8.C2H6.H3P/c2*1-3-2;1-2;/h2*3H2,1-2H3;1-2H3;1H3/i1D;;1T;. The van der Waals surface area contributed by atoms with Crippen molar-refractivity contribution in [3.05, 3.63) is 0 Å². The first-order chi connectivity index (χ1) is 4.74. The zero-order valence-corrected chi connectivity index (χ0v) is 8.95. The van der Waals surface area contributed by atoms with Gasteiger partial charge in [0.05, 0.1) is 0 Å². The lowest BCUT2D eigenvalue weighted by Crippen LogP contribution is -1.27. The van der Waals surface area contributed by atoms with E-state index in [0.29, 0.717) is 13.8 Å². The van der Waals surface area contributed by atoms with Crippen LogP contribution in [-0.4, -0.2) is 0 Å². The van der Waals surface area contributed by atoms with Crippen LogP contribution in [0, 0.1) is 0 Å². The van der Waals surface area contributed by atoms with E-state index in [4.69, 9.17) is 2.74 Å². The molecule has 0 amide bonds. The van der Waals surface area contributed by atoms with Gasteiger partial charge in [0.1, 0.15) is 0 Å². The third-order valence-corrected chi connectivity index (χ3v) is 0. The minimum atomic E-state index is 0. The number of rotatable bonds is 0. The second kappa shape index (κ2) is 78.8. The fourth-order valence-electron chi connectivity index (χ4n) is 0. The third kappa shape index (κ3) is 1890. The lowest BCUT2D eigenvalue weighted by atomic mass is 10.6. The van der Waals surface area contributed by atoms with E-state index in [0.717, 1.165) is 6.42 Å². The maximum absolute atomic E-state index is 6.45. The molecule has 0 radical (unpaired) electrons. The van der Waals surface area contributed by atoms with Crippen molar-refractivity contribution < 1.29 is 2.74 Å². The summed E-state index contributed by atoms with van der Waals surface area (Å²) in [6, 6.07) is 0. The molecule has 0 saturated heterocycles. The van der Waals surface area contributed by atoms with Crippen molar-refractivity contribution >= 4 is 9.90 Å². The first-order valence-corrected chi connectivity index (χ1v) is 3.33. The Morgan fingerprint density at radius 2 is 1.44 bits per heavy atom. The minimum Gasteiger partial charge on any atom is -0.153 e. The van der Waals surface area contributed by atoms with Gasteiger partial charge in [-0.05, 0) is 0 Å². The van der Waals surface area contributed by atoms with Crippen LogP contribution in [-0.2, 0) is 0 Å². The quantitative estimate of drug-likeness (QED) is 0.465. The van der Waals surface area contributed by atoms with Gasteiger partial charge >= 0.3 is 0 Å². The van der Waals surface area contributed by atoms with Crippen molar-refractivity contribution in [3.8, 4) is 0 Å². The molecule has 0 heterocycles. The van der Waals surface area contributed by atoms with E-state index in [1.54, 1.807) is 6.92 Å². The van der Waals surface area contributed by atoms with Gasteiger partial charge in [-0.3, -0.25) is 0 Å². The Morgan fingerprint density at radius 3 is 1.44 bits per heavy atom. The largest absolute Gasteiger partial charge is 0.153 e. The number of hydrogen-bond acceptors (Lipinski definition) is 0. The van der Waals surface area contributed by atoms with Gasteiger partial charge in [0.25, 0.3) is 0 Å². The zero-order chi connectivity index (χ0) is 8.83. The predicted octanol–water partition coefficient (Wildman–Crippen LogP) is 3.92. The highest BCUT2D eigenvalue weighted by Crippen LogP contribution is 1.56. The fraction of sp³-hybridized carbons (Fsp3) is 1.00. The summed E-state index contributed by atoms with van der Waals surface area (Å²) in [5.41, 5.74) is 0. The van der Waals surface area contributed by atoms with E-state index in [9.17, 15) is 0 Å².